The van der Waals surface area contributed by atoms with Gasteiger partial charge in [-0.15, -0.1) is 0 Å². The van der Waals surface area contributed by atoms with E-state index in [9.17, 15) is 0 Å². The van der Waals surface area contributed by atoms with Crippen LogP contribution in [0.4, 0.5) is 0 Å². The predicted molar refractivity (Wildman–Crippen MR) is 56.8 cm³/mol. The van der Waals surface area contributed by atoms with Crippen LogP contribution >= 0.6 is 12.8 Å². The Morgan fingerprint density at radius 3 is 2.08 bits per heavy atom. The highest BCUT2D eigenvalue weighted by Gasteiger charge is 2.07. The Labute approximate surface area is 80.5 Å². The number of hydrogen-bond donors (Lipinski definition) is 1. The summed E-state index contributed by atoms with van der Waals surface area (Å²) in [6, 6.07) is 0. The van der Waals surface area contributed by atoms with Crippen molar-refractivity contribution in [3.05, 3.63) is 17.5 Å². The van der Waals surface area contributed by atoms with Crippen LogP contribution in [-0.4, -0.2) is 9.19 Å². The van der Waals surface area contributed by atoms with Gasteiger partial charge in [0.2, 0.25) is 0 Å². The molecule has 0 spiro atoms. The molecule has 1 heterocycles. The van der Waals surface area contributed by atoms with Crippen molar-refractivity contribution in [3.63, 3.8) is 0 Å². The first-order chi connectivity index (χ1) is 5.63. The van der Waals surface area contributed by atoms with Crippen molar-refractivity contribution < 1.29 is 0 Å². The van der Waals surface area contributed by atoms with E-state index in [-0.39, 0.29) is 0 Å². The number of nitrogens with zero attached hydrogens (tertiary/aromatic N) is 2. The maximum absolute atomic E-state index is 4.16. The summed E-state index contributed by atoms with van der Waals surface area (Å²) in [6.07, 6.45) is 1.84. The molecule has 0 aliphatic heterocycles. The van der Waals surface area contributed by atoms with Crippen molar-refractivity contribution in [2.45, 2.75) is 40.5 Å². The van der Waals surface area contributed by atoms with Crippen LogP contribution in [-0.2, 0) is 0 Å². The fourth-order valence-electron chi connectivity index (χ4n) is 1.11. The average Bonchev–Trinajstić information content (AvgIpc) is 2.35. The van der Waals surface area contributed by atoms with Crippen molar-refractivity contribution in [2.75, 3.05) is 0 Å². The van der Waals surface area contributed by atoms with Gasteiger partial charge < -0.3 is 0 Å². The van der Waals surface area contributed by atoms with Gasteiger partial charge in [0.1, 0.15) is 0 Å². The van der Waals surface area contributed by atoms with Crippen molar-refractivity contribution in [2.24, 2.45) is 0 Å². The molecule has 0 aliphatic rings. The zero-order valence-corrected chi connectivity index (χ0v) is 9.39. The topological polar surface area (TPSA) is 17.8 Å². The molecule has 0 amide bonds. The minimum Gasteiger partial charge on any atom is -0.213 e. The molecule has 0 fully saturated rings. The molecular weight excluding hydrogens is 168 g/mol. The normalized spacial score (nSPS) is 9.58. The highest BCUT2D eigenvalue weighted by atomic mass is 32.1. The monoisotopic (exact) mass is 186 g/mol. The molecule has 0 radical (unpaired) electrons. The minimum atomic E-state index is 0.500. The lowest BCUT2D eigenvalue weighted by molar-refractivity contribution is 0.783. The van der Waals surface area contributed by atoms with Gasteiger partial charge in [-0.1, -0.05) is 27.7 Å². The van der Waals surface area contributed by atoms with Crippen LogP contribution in [0.1, 0.15) is 44.9 Å². The molecule has 0 saturated carbocycles. The van der Waals surface area contributed by atoms with Crippen LogP contribution in [0.2, 0.25) is 0 Å². The summed E-state index contributed by atoms with van der Waals surface area (Å²) >= 11 is 4.16. The van der Waals surface area contributed by atoms with Crippen LogP contribution in [0.3, 0.4) is 0 Å². The summed E-state index contributed by atoms with van der Waals surface area (Å²) < 4.78 is 1.64. The standard InChI is InChI=1S/C7H12N2S.C2H6/c1-5(2)7-6(3)4-8-9(7)10;1-2/h4-5,10H,1-3H3;1-2H3. The van der Waals surface area contributed by atoms with Crippen LogP contribution in [0.5, 0.6) is 0 Å². The second-order valence-corrected chi connectivity index (χ2v) is 3.14. The van der Waals surface area contributed by atoms with Crippen molar-refractivity contribution >= 4 is 12.8 Å². The van der Waals surface area contributed by atoms with E-state index in [0.29, 0.717) is 5.92 Å². The minimum absolute atomic E-state index is 0.500. The van der Waals surface area contributed by atoms with E-state index in [1.54, 1.807) is 4.09 Å². The fraction of sp³-hybridized carbons (Fsp3) is 0.667. The van der Waals surface area contributed by atoms with E-state index in [1.165, 1.54) is 11.3 Å². The van der Waals surface area contributed by atoms with Gasteiger partial charge in [-0.25, -0.2) is 4.09 Å². The molecule has 12 heavy (non-hydrogen) atoms. The molecule has 0 bridgehead atoms. The molecule has 0 atom stereocenters. The predicted octanol–water partition coefficient (Wildman–Crippen LogP) is 3.03. The Balaban J connectivity index is 0.000000561. The average molecular weight is 186 g/mol. The third-order valence-corrected chi connectivity index (χ3v) is 1.85. The molecule has 1 aromatic rings. The Bertz CT molecular complexity index is 209. The van der Waals surface area contributed by atoms with E-state index in [0.717, 1.165) is 0 Å². The Hall–Kier alpha value is -0.440. The van der Waals surface area contributed by atoms with Gasteiger partial charge in [0.15, 0.2) is 0 Å². The smallest absolute Gasteiger partial charge is 0.0564 e. The van der Waals surface area contributed by atoms with E-state index in [4.69, 9.17) is 0 Å². The largest absolute Gasteiger partial charge is 0.213 e. The molecule has 0 aromatic carbocycles. The quantitative estimate of drug-likeness (QED) is 0.667. The first-order valence-corrected chi connectivity index (χ1v) is 4.76. The summed E-state index contributed by atoms with van der Waals surface area (Å²) in [5.41, 5.74) is 2.41. The summed E-state index contributed by atoms with van der Waals surface area (Å²) in [5.74, 6) is 0.500. The van der Waals surface area contributed by atoms with Gasteiger partial charge in [0.05, 0.1) is 11.9 Å². The summed E-state index contributed by atoms with van der Waals surface area (Å²) in [6.45, 7) is 10.3. The first kappa shape index (κ1) is 11.6. The van der Waals surface area contributed by atoms with E-state index >= 15 is 0 Å². The van der Waals surface area contributed by atoms with E-state index < -0.39 is 0 Å². The lowest BCUT2D eigenvalue weighted by Gasteiger charge is -2.04. The van der Waals surface area contributed by atoms with Gasteiger partial charge in [0, 0.05) is 0 Å². The summed E-state index contributed by atoms with van der Waals surface area (Å²) in [5, 5.41) is 4.02. The van der Waals surface area contributed by atoms with Crippen LogP contribution in [0.25, 0.3) is 0 Å². The zero-order chi connectivity index (χ0) is 9.72. The van der Waals surface area contributed by atoms with E-state index in [1.807, 2.05) is 20.0 Å². The number of hydrogen-bond acceptors (Lipinski definition) is 2. The third kappa shape index (κ3) is 2.55. The molecule has 2 nitrogen and oxygen atoms in total. The zero-order valence-electron chi connectivity index (χ0n) is 8.50. The Kier molecular flexibility index (Phi) is 5.06. The highest BCUT2D eigenvalue weighted by molar-refractivity contribution is 7.78. The molecule has 0 N–H and O–H groups in total. The first-order valence-electron chi connectivity index (χ1n) is 4.36. The number of aryl methyl sites for hydroxylation is 1. The maximum atomic E-state index is 4.16. The lowest BCUT2D eigenvalue weighted by Crippen LogP contribution is -1.96. The molecule has 0 aliphatic carbocycles. The fourth-order valence-corrected chi connectivity index (χ4v) is 1.55. The summed E-state index contributed by atoms with van der Waals surface area (Å²) in [7, 11) is 0. The van der Waals surface area contributed by atoms with Gasteiger partial charge in [-0.3, -0.25) is 0 Å². The molecule has 1 rings (SSSR count). The van der Waals surface area contributed by atoms with Crippen molar-refractivity contribution in [1.82, 2.24) is 9.19 Å². The van der Waals surface area contributed by atoms with Gasteiger partial charge in [-0.05, 0) is 31.2 Å². The van der Waals surface area contributed by atoms with E-state index in [2.05, 4.69) is 38.7 Å². The number of aromatic nitrogens is 2. The molecule has 0 unspecified atom stereocenters. The lowest BCUT2D eigenvalue weighted by atomic mass is 10.1. The van der Waals surface area contributed by atoms with Crippen molar-refractivity contribution in [1.29, 1.82) is 0 Å². The van der Waals surface area contributed by atoms with Crippen LogP contribution < -0.4 is 0 Å². The molecular formula is C9H18N2S. The second-order valence-electron chi connectivity index (χ2n) is 2.76. The summed E-state index contributed by atoms with van der Waals surface area (Å²) in [4.78, 5) is 0. The van der Waals surface area contributed by atoms with Crippen LogP contribution in [0, 0.1) is 6.92 Å². The van der Waals surface area contributed by atoms with Gasteiger partial charge in [0.25, 0.3) is 0 Å². The molecule has 70 valence electrons. The van der Waals surface area contributed by atoms with Crippen LogP contribution in [0.15, 0.2) is 6.20 Å². The molecule has 3 heteroatoms. The van der Waals surface area contributed by atoms with Gasteiger partial charge in [-0.2, -0.15) is 5.10 Å². The Morgan fingerprint density at radius 2 is 1.92 bits per heavy atom. The molecule has 1 aromatic heterocycles. The van der Waals surface area contributed by atoms with Crippen molar-refractivity contribution in [3.8, 4) is 0 Å². The Morgan fingerprint density at radius 1 is 1.42 bits per heavy atom. The van der Waals surface area contributed by atoms with Gasteiger partial charge >= 0.3 is 0 Å². The number of rotatable bonds is 1. The SMILES string of the molecule is CC.Cc1cnn(S)c1C(C)C. The third-order valence-electron chi connectivity index (χ3n) is 1.53. The number of thiol groups is 1. The second kappa shape index (κ2) is 5.25. The molecule has 0 saturated heterocycles. The maximum Gasteiger partial charge on any atom is 0.0564 e. The highest BCUT2D eigenvalue weighted by Crippen LogP contribution is 2.18.